The molecule has 0 bridgehead atoms. The van der Waals surface area contributed by atoms with Crippen LogP contribution in [0.5, 0.6) is 0 Å². The van der Waals surface area contributed by atoms with Gasteiger partial charge in [0.1, 0.15) is 5.82 Å². The molecular weight excluding hydrogens is 306 g/mol. The van der Waals surface area contributed by atoms with E-state index >= 15 is 0 Å². The van der Waals surface area contributed by atoms with Gasteiger partial charge in [-0.15, -0.1) is 0 Å². The molecule has 1 aliphatic rings. The lowest BCUT2D eigenvalue weighted by atomic mass is 9.90. The maximum atomic E-state index is 12.3. The standard InChI is InChI=1S/C15H18ClN3O3/c1-15(22)4-5-19(8-12(15)20)14(21)7-13-17-10-3-2-9(16)6-11(10)18-13/h2-3,6,12,20,22H,4-5,7-8H2,1H3,(H,17,18)/t12-,15+/m1/s1. The van der Waals surface area contributed by atoms with Crippen molar-refractivity contribution in [1.29, 1.82) is 0 Å². The van der Waals surface area contributed by atoms with Crippen molar-refractivity contribution in [3.8, 4) is 0 Å². The zero-order valence-electron chi connectivity index (χ0n) is 12.2. The van der Waals surface area contributed by atoms with Crippen LogP contribution in [0.15, 0.2) is 18.2 Å². The number of nitrogens with one attached hydrogen (secondary N) is 1. The van der Waals surface area contributed by atoms with Gasteiger partial charge in [0.05, 0.1) is 29.2 Å². The van der Waals surface area contributed by atoms with Crippen LogP contribution in [0.1, 0.15) is 19.2 Å². The maximum Gasteiger partial charge on any atom is 0.230 e. The van der Waals surface area contributed by atoms with Crippen LogP contribution in [-0.2, 0) is 11.2 Å². The summed E-state index contributed by atoms with van der Waals surface area (Å²) in [4.78, 5) is 21.3. The van der Waals surface area contributed by atoms with Gasteiger partial charge in [0, 0.05) is 18.1 Å². The summed E-state index contributed by atoms with van der Waals surface area (Å²) in [5.41, 5.74) is 0.415. The second-order valence-electron chi connectivity index (χ2n) is 5.98. The lowest BCUT2D eigenvalue weighted by molar-refractivity contribution is -0.145. The minimum absolute atomic E-state index is 0.125. The third-order valence-electron chi connectivity index (χ3n) is 4.16. The van der Waals surface area contributed by atoms with E-state index in [1.165, 1.54) is 0 Å². The highest BCUT2D eigenvalue weighted by atomic mass is 35.5. The van der Waals surface area contributed by atoms with Crippen LogP contribution in [-0.4, -0.2) is 55.8 Å². The second-order valence-corrected chi connectivity index (χ2v) is 6.42. The number of carbonyl (C=O) groups excluding carboxylic acids is 1. The topological polar surface area (TPSA) is 89.5 Å². The Morgan fingerprint density at radius 3 is 3.09 bits per heavy atom. The maximum absolute atomic E-state index is 12.3. The first-order chi connectivity index (χ1) is 10.3. The summed E-state index contributed by atoms with van der Waals surface area (Å²) in [6.45, 7) is 2.15. The number of likely N-dealkylation sites (tertiary alicyclic amines) is 1. The van der Waals surface area contributed by atoms with Crippen molar-refractivity contribution in [2.24, 2.45) is 0 Å². The van der Waals surface area contributed by atoms with Crippen LogP contribution in [0.25, 0.3) is 11.0 Å². The third-order valence-corrected chi connectivity index (χ3v) is 4.40. The van der Waals surface area contributed by atoms with Crippen LogP contribution < -0.4 is 0 Å². The highest BCUT2D eigenvalue weighted by Gasteiger charge is 2.37. The SMILES string of the molecule is C[C@]1(O)CCN(C(=O)Cc2nc3ccc(Cl)cc3[nH]2)C[C@H]1O. The van der Waals surface area contributed by atoms with Crippen molar-refractivity contribution in [3.63, 3.8) is 0 Å². The van der Waals surface area contributed by atoms with Crippen molar-refractivity contribution in [1.82, 2.24) is 14.9 Å². The van der Waals surface area contributed by atoms with E-state index in [1.807, 2.05) is 0 Å². The number of imidazole rings is 1. The highest BCUT2D eigenvalue weighted by molar-refractivity contribution is 6.31. The first-order valence-corrected chi connectivity index (χ1v) is 7.55. The van der Waals surface area contributed by atoms with Crippen LogP contribution in [0.3, 0.4) is 0 Å². The minimum Gasteiger partial charge on any atom is -0.388 e. The zero-order valence-corrected chi connectivity index (χ0v) is 13.0. The number of aromatic amines is 1. The monoisotopic (exact) mass is 323 g/mol. The number of piperidine rings is 1. The summed E-state index contributed by atoms with van der Waals surface area (Å²) in [5, 5.41) is 20.4. The van der Waals surface area contributed by atoms with Gasteiger partial charge in [0.25, 0.3) is 0 Å². The Morgan fingerprint density at radius 2 is 2.36 bits per heavy atom. The van der Waals surface area contributed by atoms with E-state index < -0.39 is 11.7 Å². The highest BCUT2D eigenvalue weighted by Crippen LogP contribution is 2.23. The van der Waals surface area contributed by atoms with Crippen molar-refractivity contribution in [2.75, 3.05) is 13.1 Å². The summed E-state index contributed by atoms with van der Waals surface area (Å²) in [7, 11) is 0. The molecule has 0 saturated carbocycles. The number of H-pyrrole nitrogens is 1. The number of rotatable bonds is 2. The predicted octanol–water partition coefficient (Wildman–Crippen LogP) is 1.10. The molecule has 0 radical (unpaired) electrons. The van der Waals surface area contributed by atoms with Crippen molar-refractivity contribution >= 4 is 28.5 Å². The predicted molar refractivity (Wildman–Crippen MR) is 82.6 cm³/mol. The number of β-amino-alcohol motifs (C(OH)–C–C–N with tert-alkyl or cyclic N) is 1. The second kappa shape index (κ2) is 5.53. The lowest BCUT2D eigenvalue weighted by Gasteiger charge is -2.39. The smallest absolute Gasteiger partial charge is 0.230 e. The van der Waals surface area contributed by atoms with Gasteiger partial charge in [-0.2, -0.15) is 0 Å². The number of aliphatic hydroxyl groups excluding tert-OH is 1. The molecule has 3 rings (SSSR count). The van der Waals surface area contributed by atoms with Gasteiger partial charge in [-0.3, -0.25) is 4.79 Å². The number of nitrogens with zero attached hydrogens (tertiary/aromatic N) is 2. The Bertz CT molecular complexity index is 713. The Kier molecular flexibility index (Phi) is 3.84. The van der Waals surface area contributed by atoms with E-state index in [-0.39, 0.29) is 18.9 Å². The van der Waals surface area contributed by atoms with Gasteiger partial charge in [0.2, 0.25) is 5.91 Å². The first-order valence-electron chi connectivity index (χ1n) is 7.17. The molecule has 3 N–H and O–H groups in total. The number of amides is 1. The van der Waals surface area contributed by atoms with Crippen LogP contribution in [0.4, 0.5) is 0 Å². The van der Waals surface area contributed by atoms with Crippen LogP contribution in [0.2, 0.25) is 5.02 Å². The Balaban J connectivity index is 1.71. The summed E-state index contributed by atoms with van der Waals surface area (Å²) >= 11 is 5.92. The Hall–Kier alpha value is -1.63. The Morgan fingerprint density at radius 1 is 1.59 bits per heavy atom. The van der Waals surface area contributed by atoms with Crippen molar-refractivity contribution in [2.45, 2.75) is 31.5 Å². The number of aromatic nitrogens is 2. The van der Waals surface area contributed by atoms with Gasteiger partial charge in [0.15, 0.2) is 0 Å². The summed E-state index contributed by atoms with van der Waals surface area (Å²) in [6.07, 6.45) is -0.448. The van der Waals surface area contributed by atoms with Crippen LogP contribution in [0, 0.1) is 0 Å². The van der Waals surface area contributed by atoms with E-state index in [2.05, 4.69) is 9.97 Å². The number of hydrogen-bond acceptors (Lipinski definition) is 4. The normalized spacial score (nSPS) is 25.6. The Labute approximate surface area is 132 Å². The fourth-order valence-corrected chi connectivity index (χ4v) is 2.80. The molecule has 2 heterocycles. The molecule has 0 aliphatic carbocycles. The third kappa shape index (κ3) is 2.95. The van der Waals surface area contributed by atoms with Gasteiger partial charge < -0.3 is 20.1 Å². The fraction of sp³-hybridized carbons (Fsp3) is 0.467. The molecule has 2 aromatic rings. The molecule has 22 heavy (non-hydrogen) atoms. The number of aliphatic hydroxyl groups is 2. The largest absolute Gasteiger partial charge is 0.388 e. The molecule has 1 amide bonds. The molecule has 118 valence electrons. The number of carbonyl (C=O) groups is 1. The number of benzene rings is 1. The number of hydrogen-bond donors (Lipinski definition) is 3. The van der Waals surface area contributed by atoms with Gasteiger partial charge in [-0.05, 0) is 31.5 Å². The average Bonchev–Trinajstić information content (AvgIpc) is 2.83. The van der Waals surface area contributed by atoms with Crippen LogP contribution >= 0.6 is 11.6 Å². The van der Waals surface area contributed by atoms with Gasteiger partial charge in [-0.1, -0.05) is 11.6 Å². The molecular formula is C15H18ClN3O3. The van der Waals surface area contributed by atoms with Crippen molar-refractivity contribution in [3.05, 3.63) is 29.0 Å². The molecule has 1 fully saturated rings. The average molecular weight is 324 g/mol. The van der Waals surface area contributed by atoms with Gasteiger partial charge >= 0.3 is 0 Å². The molecule has 1 aromatic carbocycles. The zero-order chi connectivity index (χ0) is 15.9. The molecule has 7 heteroatoms. The summed E-state index contributed by atoms with van der Waals surface area (Å²) in [5.74, 6) is 0.439. The minimum atomic E-state index is -1.13. The van der Waals surface area contributed by atoms with Crippen molar-refractivity contribution < 1.29 is 15.0 Å². The number of halogens is 1. The van der Waals surface area contributed by atoms with Gasteiger partial charge in [-0.25, -0.2) is 4.98 Å². The quantitative estimate of drug-likeness (QED) is 0.772. The summed E-state index contributed by atoms with van der Waals surface area (Å²) < 4.78 is 0. The molecule has 0 spiro atoms. The molecule has 2 atom stereocenters. The molecule has 0 unspecified atom stereocenters. The van der Waals surface area contributed by atoms with E-state index in [9.17, 15) is 15.0 Å². The number of fused-ring (bicyclic) bond motifs is 1. The van der Waals surface area contributed by atoms with E-state index in [1.54, 1.807) is 30.0 Å². The van der Waals surface area contributed by atoms with E-state index in [4.69, 9.17) is 11.6 Å². The first kappa shape index (κ1) is 15.3. The molecule has 1 aliphatic heterocycles. The van der Waals surface area contributed by atoms with E-state index in [0.717, 1.165) is 11.0 Å². The summed E-state index contributed by atoms with van der Waals surface area (Å²) in [6, 6.07) is 5.31. The lowest BCUT2D eigenvalue weighted by Crippen LogP contribution is -2.55. The molecule has 6 nitrogen and oxygen atoms in total. The fourth-order valence-electron chi connectivity index (χ4n) is 2.62. The van der Waals surface area contributed by atoms with E-state index in [0.29, 0.717) is 23.8 Å². The molecule has 1 saturated heterocycles. The molecule has 1 aromatic heterocycles.